The van der Waals surface area contributed by atoms with Crippen LogP contribution in [0.4, 0.5) is 0 Å². The van der Waals surface area contributed by atoms with E-state index < -0.39 is 0 Å². The molecule has 3 rings (SSSR count). The van der Waals surface area contributed by atoms with Gasteiger partial charge in [0.1, 0.15) is 5.01 Å². The van der Waals surface area contributed by atoms with Crippen molar-refractivity contribution in [3.63, 3.8) is 0 Å². The molecular formula is C18H22ClIN6OS. The smallest absolute Gasteiger partial charge is 0.228 e. The maximum absolute atomic E-state index is 6.00. The fraction of sp³-hybridized carbons (Fsp3) is 0.333. The van der Waals surface area contributed by atoms with Gasteiger partial charge in [-0.2, -0.15) is 4.98 Å². The van der Waals surface area contributed by atoms with Crippen LogP contribution in [0.2, 0.25) is 5.02 Å². The summed E-state index contributed by atoms with van der Waals surface area (Å²) in [6, 6.07) is 7.38. The average molecular weight is 533 g/mol. The molecule has 0 amide bonds. The van der Waals surface area contributed by atoms with Gasteiger partial charge in [0.15, 0.2) is 5.96 Å². The zero-order chi connectivity index (χ0) is 19.1. The molecule has 2 heterocycles. The molecule has 10 heteroatoms. The molecule has 0 atom stereocenters. The summed E-state index contributed by atoms with van der Waals surface area (Å²) in [4.78, 5) is 14.5. The Morgan fingerprint density at radius 2 is 2.18 bits per heavy atom. The number of rotatable bonds is 7. The van der Waals surface area contributed by atoms with E-state index in [0.29, 0.717) is 36.2 Å². The van der Waals surface area contributed by atoms with E-state index in [-0.39, 0.29) is 24.0 Å². The lowest BCUT2D eigenvalue weighted by molar-refractivity contribution is 0.378. The van der Waals surface area contributed by atoms with Gasteiger partial charge in [-0.15, -0.1) is 35.3 Å². The number of aryl methyl sites for hydroxylation is 1. The molecular weight excluding hydrogens is 511 g/mol. The molecule has 0 spiro atoms. The molecule has 1 aromatic carbocycles. The second kappa shape index (κ2) is 11.3. The lowest BCUT2D eigenvalue weighted by atomic mass is 10.2. The van der Waals surface area contributed by atoms with Crippen molar-refractivity contribution in [2.45, 2.75) is 26.8 Å². The SMILES string of the molecule is CCNC(=NCc1ncc(C)s1)NCCc1nc(-c2cccc(Cl)c2)no1.I. The van der Waals surface area contributed by atoms with Crippen LogP contribution in [0.15, 0.2) is 40.0 Å². The summed E-state index contributed by atoms with van der Waals surface area (Å²) in [5, 5.41) is 12.1. The van der Waals surface area contributed by atoms with Crippen molar-refractivity contribution in [1.82, 2.24) is 25.8 Å². The van der Waals surface area contributed by atoms with E-state index in [1.54, 1.807) is 11.3 Å². The molecule has 0 bridgehead atoms. The van der Waals surface area contributed by atoms with E-state index in [1.165, 1.54) is 4.88 Å². The van der Waals surface area contributed by atoms with Gasteiger partial charge in [0.05, 0.1) is 6.54 Å². The number of hydrogen-bond acceptors (Lipinski definition) is 6. The van der Waals surface area contributed by atoms with Crippen LogP contribution in [0.3, 0.4) is 0 Å². The quantitative estimate of drug-likeness (QED) is 0.271. The summed E-state index contributed by atoms with van der Waals surface area (Å²) >= 11 is 7.66. The Labute approximate surface area is 190 Å². The lowest BCUT2D eigenvalue weighted by Gasteiger charge is -2.09. The molecule has 2 N–H and O–H groups in total. The number of nitrogens with one attached hydrogen (secondary N) is 2. The summed E-state index contributed by atoms with van der Waals surface area (Å²) in [7, 11) is 0. The van der Waals surface area contributed by atoms with Gasteiger partial charge < -0.3 is 15.2 Å². The van der Waals surface area contributed by atoms with Crippen LogP contribution in [0, 0.1) is 6.92 Å². The summed E-state index contributed by atoms with van der Waals surface area (Å²) in [6.45, 7) is 6.02. The molecule has 2 aromatic heterocycles. The third-order valence-corrected chi connectivity index (χ3v) is 4.70. The predicted octanol–water partition coefficient (Wildman–Crippen LogP) is 4.07. The number of guanidine groups is 1. The summed E-state index contributed by atoms with van der Waals surface area (Å²) in [6.07, 6.45) is 2.46. The molecule has 0 aliphatic heterocycles. The molecule has 0 aliphatic rings. The monoisotopic (exact) mass is 532 g/mol. The molecule has 0 saturated carbocycles. The molecule has 3 aromatic rings. The Kier molecular flexibility index (Phi) is 9.13. The van der Waals surface area contributed by atoms with Crippen molar-refractivity contribution >= 4 is 52.9 Å². The van der Waals surface area contributed by atoms with Gasteiger partial charge in [-0.05, 0) is 26.0 Å². The molecule has 0 radical (unpaired) electrons. The number of nitrogens with zero attached hydrogens (tertiary/aromatic N) is 4. The second-order valence-corrected chi connectivity index (χ2v) is 7.51. The highest BCUT2D eigenvalue weighted by Crippen LogP contribution is 2.19. The van der Waals surface area contributed by atoms with Gasteiger partial charge >= 0.3 is 0 Å². The molecule has 0 fully saturated rings. The third-order valence-electron chi connectivity index (χ3n) is 3.57. The normalized spacial score (nSPS) is 11.2. The predicted molar refractivity (Wildman–Crippen MR) is 124 cm³/mol. The van der Waals surface area contributed by atoms with Crippen LogP contribution >= 0.6 is 46.9 Å². The number of aliphatic imine (C=N–C) groups is 1. The zero-order valence-electron chi connectivity index (χ0n) is 15.6. The molecule has 7 nitrogen and oxygen atoms in total. The molecule has 28 heavy (non-hydrogen) atoms. The summed E-state index contributed by atoms with van der Waals surface area (Å²) in [5.74, 6) is 1.83. The Bertz CT molecular complexity index is 913. The number of thiazole rings is 1. The summed E-state index contributed by atoms with van der Waals surface area (Å²) in [5.41, 5.74) is 0.833. The van der Waals surface area contributed by atoms with Crippen LogP contribution < -0.4 is 10.6 Å². The second-order valence-electron chi connectivity index (χ2n) is 5.76. The van der Waals surface area contributed by atoms with Crippen molar-refractivity contribution in [3.8, 4) is 11.4 Å². The fourth-order valence-corrected chi connectivity index (χ4v) is 3.25. The maximum atomic E-state index is 6.00. The van der Waals surface area contributed by atoms with Crippen molar-refractivity contribution in [2.75, 3.05) is 13.1 Å². The van der Waals surface area contributed by atoms with Gasteiger partial charge in [-0.3, -0.25) is 0 Å². The maximum Gasteiger partial charge on any atom is 0.228 e. The topological polar surface area (TPSA) is 88.2 Å². The molecule has 0 aliphatic carbocycles. The van der Waals surface area contributed by atoms with E-state index in [4.69, 9.17) is 16.1 Å². The first-order valence-electron chi connectivity index (χ1n) is 8.66. The van der Waals surface area contributed by atoms with Gasteiger partial charge in [0, 0.05) is 41.2 Å². The Balaban J connectivity index is 0.00000280. The Hall–Kier alpha value is -1.72. The first kappa shape index (κ1) is 22.6. The van der Waals surface area contributed by atoms with Crippen LogP contribution in [-0.2, 0) is 13.0 Å². The van der Waals surface area contributed by atoms with E-state index in [2.05, 4.69) is 30.8 Å². The van der Waals surface area contributed by atoms with Crippen molar-refractivity contribution in [2.24, 2.45) is 4.99 Å². The van der Waals surface area contributed by atoms with Gasteiger partial charge in [-0.25, -0.2) is 9.98 Å². The minimum absolute atomic E-state index is 0. The van der Waals surface area contributed by atoms with Crippen LogP contribution in [0.25, 0.3) is 11.4 Å². The van der Waals surface area contributed by atoms with Gasteiger partial charge in [0.25, 0.3) is 0 Å². The number of aromatic nitrogens is 3. The lowest BCUT2D eigenvalue weighted by Crippen LogP contribution is -2.38. The van der Waals surface area contributed by atoms with Crippen molar-refractivity contribution in [3.05, 3.63) is 51.3 Å². The van der Waals surface area contributed by atoms with Crippen molar-refractivity contribution < 1.29 is 4.52 Å². The highest BCUT2D eigenvalue weighted by Gasteiger charge is 2.09. The Morgan fingerprint density at radius 1 is 1.32 bits per heavy atom. The summed E-state index contributed by atoms with van der Waals surface area (Å²) < 4.78 is 5.32. The Morgan fingerprint density at radius 3 is 2.89 bits per heavy atom. The minimum Gasteiger partial charge on any atom is -0.357 e. The minimum atomic E-state index is 0. The highest BCUT2D eigenvalue weighted by molar-refractivity contribution is 14.0. The standard InChI is InChI=1S/C18H21ClN6OS.HI/c1-3-20-18(23-11-16-22-10-12(2)27-16)21-8-7-15-24-17(25-26-15)13-5-4-6-14(19)9-13;/h4-6,9-10H,3,7-8,11H2,1-2H3,(H2,20,21,23);1H. The molecule has 150 valence electrons. The van der Waals surface area contributed by atoms with E-state index >= 15 is 0 Å². The number of hydrogen-bond donors (Lipinski definition) is 2. The number of benzene rings is 1. The van der Waals surface area contributed by atoms with Crippen LogP contribution in [-0.4, -0.2) is 34.2 Å². The number of halogens is 2. The molecule has 0 saturated heterocycles. The van der Waals surface area contributed by atoms with Crippen LogP contribution in [0.5, 0.6) is 0 Å². The zero-order valence-corrected chi connectivity index (χ0v) is 19.5. The first-order chi connectivity index (χ1) is 13.1. The third kappa shape index (κ3) is 6.71. The van der Waals surface area contributed by atoms with Gasteiger partial charge in [0.2, 0.25) is 11.7 Å². The van der Waals surface area contributed by atoms with Crippen LogP contribution in [0.1, 0.15) is 22.7 Å². The largest absolute Gasteiger partial charge is 0.357 e. The average Bonchev–Trinajstić information content (AvgIpc) is 3.29. The molecule has 0 unspecified atom stereocenters. The first-order valence-corrected chi connectivity index (χ1v) is 9.85. The van der Waals surface area contributed by atoms with E-state index in [0.717, 1.165) is 23.1 Å². The fourth-order valence-electron chi connectivity index (χ4n) is 2.35. The van der Waals surface area contributed by atoms with Gasteiger partial charge in [-0.1, -0.05) is 28.9 Å². The van der Waals surface area contributed by atoms with E-state index in [9.17, 15) is 0 Å². The highest BCUT2D eigenvalue weighted by atomic mass is 127. The van der Waals surface area contributed by atoms with Crippen molar-refractivity contribution in [1.29, 1.82) is 0 Å². The van der Waals surface area contributed by atoms with E-state index in [1.807, 2.05) is 44.3 Å².